The third-order valence-corrected chi connectivity index (χ3v) is 6.94. The third kappa shape index (κ3) is 4.07. The van der Waals surface area contributed by atoms with Gasteiger partial charge in [0.25, 0.3) is 0 Å². The molecule has 1 aliphatic heterocycles. The number of rotatable bonds is 5. The second-order valence-electron chi connectivity index (χ2n) is 6.90. The van der Waals surface area contributed by atoms with E-state index in [0.29, 0.717) is 24.2 Å². The first-order valence-electron chi connectivity index (χ1n) is 9.34. The van der Waals surface area contributed by atoms with Crippen LogP contribution in [0.15, 0.2) is 59.8 Å². The summed E-state index contributed by atoms with van der Waals surface area (Å²) in [6, 6.07) is 12.4. The van der Waals surface area contributed by atoms with E-state index in [2.05, 4.69) is 20.8 Å². The number of aromatic nitrogens is 4. The molecule has 1 fully saturated rings. The topological polar surface area (TPSA) is 110 Å². The molecule has 2 aromatic carbocycles. The number of nitrogens with zero attached hydrogens (tertiary/aromatic N) is 5. The van der Waals surface area contributed by atoms with Gasteiger partial charge in [-0.3, -0.25) is 4.79 Å². The average Bonchev–Trinajstić information content (AvgIpc) is 3.29. The lowest BCUT2D eigenvalue weighted by Gasteiger charge is -2.30. The van der Waals surface area contributed by atoms with E-state index in [4.69, 9.17) is 0 Å². The Morgan fingerprint density at radius 3 is 2.57 bits per heavy atom. The van der Waals surface area contributed by atoms with Crippen LogP contribution >= 0.6 is 0 Å². The van der Waals surface area contributed by atoms with Gasteiger partial charge in [0.05, 0.1) is 5.69 Å². The summed E-state index contributed by atoms with van der Waals surface area (Å²) in [4.78, 5) is 12.3. The van der Waals surface area contributed by atoms with E-state index >= 15 is 0 Å². The molecule has 1 aromatic heterocycles. The molecule has 1 N–H and O–H groups in total. The largest absolute Gasteiger partial charge is 0.326 e. The first-order valence-corrected chi connectivity index (χ1v) is 10.8. The molecule has 2 heterocycles. The van der Waals surface area contributed by atoms with Gasteiger partial charge in [-0.2, -0.15) is 4.31 Å². The number of amides is 1. The Morgan fingerprint density at radius 2 is 1.87 bits per heavy atom. The van der Waals surface area contributed by atoms with Gasteiger partial charge in [0.1, 0.15) is 17.0 Å². The molecule has 0 saturated carbocycles. The third-order valence-electron chi connectivity index (χ3n) is 5.01. The van der Waals surface area contributed by atoms with Gasteiger partial charge in [-0.25, -0.2) is 17.5 Å². The quantitative estimate of drug-likeness (QED) is 0.661. The molecule has 0 unspecified atom stereocenters. The van der Waals surface area contributed by atoms with Gasteiger partial charge in [0, 0.05) is 24.7 Å². The molecule has 9 nitrogen and oxygen atoms in total. The van der Waals surface area contributed by atoms with E-state index in [0.717, 1.165) is 6.07 Å². The van der Waals surface area contributed by atoms with Gasteiger partial charge in [0.15, 0.2) is 0 Å². The Bertz CT molecular complexity index is 1140. The van der Waals surface area contributed by atoms with Crippen molar-refractivity contribution >= 4 is 21.6 Å². The van der Waals surface area contributed by atoms with E-state index < -0.39 is 15.8 Å². The fraction of sp³-hybridized carbons (Fsp3) is 0.263. The van der Waals surface area contributed by atoms with Crippen LogP contribution in [0.5, 0.6) is 0 Å². The van der Waals surface area contributed by atoms with Gasteiger partial charge < -0.3 is 5.32 Å². The van der Waals surface area contributed by atoms with E-state index in [1.165, 1.54) is 33.5 Å². The Morgan fingerprint density at radius 1 is 1.10 bits per heavy atom. The SMILES string of the molecule is O=C(Nc1cccc(-n2cnnn2)c1)C1CCN(S(=O)(=O)c2ccccc2F)CC1. The van der Waals surface area contributed by atoms with Gasteiger partial charge in [-0.15, -0.1) is 5.10 Å². The predicted molar refractivity (Wildman–Crippen MR) is 106 cm³/mol. The Hall–Kier alpha value is -3.18. The highest BCUT2D eigenvalue weighted by Crippen LogP contribution is 2.26. The normalized spacial score (nSPS) is 15.8. The summed E-state index contributed by atoms with van der Waals surface area (Å²) in [5.74, 6) is -1.31. The first-order chi connectivity index (χ1) is 14.4. The van der Waals surface area contributed by atoms with Crippen molar-refractivity contribution in [3.8, 4) is 5.69 Å². The van der Waals surface area contributed by atoms with Crippen LogP contribution in [0.1, 0.15) is 12.8 Å². The fourth-order valence-electron chi connectivity index (χ4n) is 3.40. The number of carbonyl (C=O) groups excluding carboxylic acids is 1. The van der Waals surface area contributed by atoms with E-state index in [-0.39, 0.29) is 29.8 Å². The number of carbonyl (C=O) groups is 1. The maximum Gasteiger partial charge on any atom is 0.245 e. The lowest BCUT2D eigenvalue weighted by Crippen LogP contribution is -2.41. The summed E-state index contributed by atoms with van der Waals surface area (Å²) in [6.07, 6.45) is 2.16. The zero-order chi connectivity index (χ0) is 21.1. The minimum atomic E-state index is -3.93. The maximum absolute atomic E-state index is 13.9. The molecule has 4 rings (SSSR count). The fourth-order valence-corrected chi connectivity index (χ4v) is 4.94. The molecule has 0 aliphatic carbocycles. The molecule has 1 aliphatic rings. The Balaban J connectivity index is 1.39. The lowest BCUT2D eigenvalue weighted by molar-refractivity contribution is -0.120. The number of hydrogen-bond donors (Lipinski definition) is 1. The van der Waals surface area contributed by atoms with Crippen LogP contribution in [0.25, 0.3) is 5.69 Å². The standard InChI is InChI=1S/C19H19FN6O3S/c20-17-6-1-2-7-18(17)30(28,29)25-10-8-14(9-11-25)19(27)22-15-4-3-5-16(12-15)26-13-21-23-24-26/h1-7,12-14H,8-11H2,(H,22,27). The second kappa shape index (κ2) is 8.28. The summed E-state index contributed by atoms with van der Waals surface area (Å²) in [5, 5.41) is 13.8. The number of hydrogen-bond acceptors (Lipinski definition) is 6. The highest BCUT2D eigenvalue weighted by Gasteiger charge is 2.33. The number of sulfonamides is 1. The van der Waals surface area contributed by atoms with Crippen molar-refractivity contribution in [2.75, 3.05) is 18.4 Å². The maximum atomic E-state index is 13.9. The smallest absolute Gasteiger partial charge is 0.245 e. The van der Waals surface area contributed by atoms with Crippen LogP contribution in [0.4, 0.5) is 10.1 Å². The van der Waals surface area contributed by atoms with Gasteiger partial charge in [-0.05, 0) is 53.6 Å². The molecule has 0 atom stereocenters. The van der Waals surface area contributed by atoms with Gasteiger partial charge in [0.2, 0.25) is 15.9 Å². The van der Waals surface area contributed by atoms with Gasteiger partial charge in [-0.1, -0.05) is 18.2 Å². The number of halogens is 1. The van der Waals surface area contributed by atoms with Crippen molar-refractivity contribution in [3.05, 3.63) is 60.7 Å². The summed E-state index contributed by atoms with van der Waals surface area (Å²) in [6.45, 7) is 0.304. The highest BCUT2D eigenvalue weighted by molar-refractivity contribution is 7.89. The molecular weight excluding hydrogens is 411 g/mol. The zero-order valence-electron chi connectivity index (χ0n) is 15.8. The minimum absolute atomic E-state index is 0.152. The van der Waals surface area contributed by atoms with E-state index in [1.807, 2.05) is 0 Å². The van der Waals surface area contributed by atoms with Crippen LogP contribution in [0, 0.1) is 11.7 Å². The number of piperidine rings is 1. The van der Waals surface area contributed by atoms with Crippen molar-refractivity contribution in [2.24, 2.45) is 5.92 Å². The summed E-state index contributed by atoms with van der Waals surface area (Å²) in [5.41, 5.74) is 1.29. The highest BCUT2D eigenvalue weighted by atomic mass is 32.2. The van der Waals surface area contributed by atoms with Crippen molar-refractivity contribution in [3.63, 3.8) is 0 Å². The van der Waals surface area contributed by atoms with Crippen molar-refractivity contribution in [1.29, 1.82) is 0 Å². The number of tetrazole rings is 1. The van der Waals surface area contributed by atoms with Crippen molar-refractivity contribution in [2.45, 2.75) is 17.7 Å². The van der Waals surface area contributed by atoms with Crippen molar-refractivity contribution < 1.29 is 17.6 Å². The first kappa shape index (κ1) is 20.1. The molecule has 11 heteroatoms. The number of benzene rings is 2. The van der Waals surface area contributed by atoms with E-state index in [9.17, 15) is 17.6 Å². The summed E-state index contributed by atoms with van der Waals surface area (Å²) >= 11 is 0. The predicted octanol–water partition coefficient (Wildman–Crippen LogP) is 1.84. The summed E-state index contributed by atoms with van der Waals surface area (Å²) in [7, 11) is -3.93. The Kier molecular flexibility index (Phi) is 5.55. The van der Waals surface area contributed by atoms with E-state index in [1.54, 1.807) is 24.3 Å². The average molecular weight is 430 g/mol. The molecule has 30 heavy (non-hydrogen) atoms. The molecule has 3 aromatic rings. The van der Waals surface area contributed by atoms with Gasteiger partial charge >= 0.3 is 0 Å². The lowest BCUT2D eigenvalue weighted by atomic mass is 9.97. The Labute approximate surface area is 172 Å². The van der Waals surface area contributed by atoms with Crippen LogP contribution in [-0.4, -0.2) is 51.9 Å². The summed E-state index contributed by atoms with van der Waals surface area (Å²) < 4.78 is 42.0. The van der Waals surface area contributed by atoms with Crippen LogP contribution in [0.3, 0.4) is 0 Å². The number of anilines is 1. The zero-order valence-corrected chi connectivity index (χ0v) is 16.7. The molecule has 156 valence electrons. The molecule has 0 bridgehead atoms. The monoisotopic (exact) mass is 430 g/mol. The second-order valence-corrected chi connectivity index (χ2v) is 8.81. The molecular formula is C19H19FN6O3S. The molecule has 0 radical (unpaired) electrons. The molecule has 1 amide bonds. The molecule has 1 saturated heterocycles. The number of nitrogens with one attached hydrogen (secondary N) is 1. The minimum Gasteiger partial charge on any atom is -0.326 e. The van der Waals surface area contributed by atoms with Crippen molar-refractivity contribution in [1.82, 2.24) is 24.5 Å². The molecule has 0 spiro atoms. The van der Waals surface area contributed by atoms with Crippen LogP contribution in [-0.2, 0) is 14.8 Å². The van der Waals surface area contributed by atoms with Crippen LogP contribution in [0.2, 0.25) is 0 Å². The van der Waals surface area contributed by atoms with Crippen LogP contribution < -0.4 is 5.32 Å².